The topological polar surface area (TPSA) is 76.9 Å². The summed E-state index contributed by atoms with van der Waals surface area (Å²) in [6, 6.07) is 0. The number of hydrogen-bond donors (Lipinski definition) is 2. The van der Waals surface area contributed by atoms with Gasteiger partial charge < -0.3 is 21.2 Å². The molecule has 0 radical (unpaired) electrons. The summed E-state index contributed by atoms with van der Waals surface area (Å²) in [7, 11) is 2.01. The molecular weight excluding hydrogens is 144 g/mol. The van der Waals surface area contributed by atoms with Crippen molar-refractivity contribution in [3.05, 3.63) is 0 Å². The molecule has 0 aromatic carbocycles. The molecule has 0 saturated carbocycles. The first-order valence-corrected chi connectivity index (χ1v) is 3.57. The molecule has 4 N–H and O–H groups in total. The van der Waals surface area contributed by atoms with Crippen molar-refractivity contribution < 1.29 is 4.74 Å². The van der Waals surface area contributed by atoms with Crippen LogP contribution in [0.1, 0.15) is 0 Å². The van der Waals surface area contributed by atoms with Crippen LogP contribution >= 0.6 is 0 Å². The Bertz CT molecular complexity index is 159. The number of hydrazone groups is 1. The molecule has 0 bridgehead atoms. The summed E-state index contributed by atoms with van der Waals surface area (Å²) in [5.41, 5.74) is 5.48. The molecule has 0 amide bonds. The number of hydrogen-bond acceptors (Lipinski definition) is 4. The van der Waals surface area contributed by atoms with E-state index in [9.17, 15) is 0 Å². The molecule has 5 heteroatoms. The molecular formula is C6H14N4O. The van der Waals surface area contributed by atoms with Crippen LogP contribution in [0.4, 0.5) is 0 Å². The molecule has 11 heavy (non-hydrogen) atoms. The van der Waals surface area contributed by atoms with Crippen LogP contribution in [0.25, 0.3) is 0 Å². The van der Waals surface area contributed by atoms with Crippen LogP contribution in [-0.2, 0) is 4.74 Å². The Morgan fingerprint density at radius 1 is 1.73 bits per heavy atom. The summed E-state index contributed by atoms with van der Waals surface area (Å²) < 4.78 is 5.32. The van der Waals surface area contributed by atoms with Crippen LogP contribution in [0, 0.1) is 0 Å². The van der Waals surface area contributed by atoms with Gasteiger partial charge in [0.05, 0.1) is 6.61 Å². The van der Waals surface area contributed by atoms with Gasteiger partial charge in [-0.15, -0.1) is 0 Å². The highest BCUT2D eigenvalue weighted by molar-refractivity contribution is 5.84. The average Bonchev–Trinajstić information content (AvgIpc) is 2.03. The average molecular weight is 158 g/mol. The van der Waals surface area contributed by atoms with E-state index in [1.807, 2.05) is 7.05 Å². The summed E-state index contributed by atoms with van der Waals surface area (Å²) in [5, 5.41) is 3.39. The van der Waals surface area contributed by atoms with Gasteiger partial charge in [-0.3, -0.25) is 0 Å². The number of rotatable bonds is 1. The molecule has 1 atom stereocenters. The summed E-state index contributed by atoms with van der Waals surface area (Å²) in [6.45, 7) is 2.40. The van der Waals surface area contributed by atoms with E-state index in [2.05, 4.69) is 10.0 Å². The molecule has 1 aliphatic heterocycles. The molecule has 1 unspecified atom stereocenters. The van der Waals surface area contributed by atoms with E-state index < -0.39 is 0 Å². The van der Waals surface area contributed by atoms with Crippen LogP contribution in [0.15, 0.2) is 5.10 Å². The van der Waals surface area contributed by atoms with Crippen molar-refractivity contribution in [2.75, 3.05) is 26.7 Å². The second-order valence-electron chi connectivity index (χ2n) is 2.68. The Morgan fingerprint density at radius 2 is 2.45 bits per heavy atom. The lowest BCUT2D eigenvalue weighted by Crippen LogP contribution is -2.47. The summed E-state index contributed by atoms with van der Waals surface area (Å²) in [5.74, 6) is 5.38. The zero-order valence-electron chi connectivity index (χ0n) is 6.66. The van der Waals surface area contributed by atoms with Gasteiger partial charge in [-0.1, -0.05) is 0 Å². The molecule has 0 aromatic rings. The van der Waals surface area contributed by atoms with Crippen LogP contribution in [0.3, 0.4) is 0 Å². The van der Waals surface area contributed by atoms with Gasteiger partial charge in [-0.2, -0.15) is 5.10 Å². The maximum absolute atomic E-state index is 5.48. The second kappa shape index (κ2) is 3.54. The van der Waals surface area contributed by atoms with E-state index in [1.54, 1.807) is 0 Å². The quantitative estimate of drug-likeness (QED) is 0.212. The van der Waals surface area contributed by atoms with Crippen LogP contribution in [0.5, 0.6) is 0 Å². The van der Waals surface area contributed by atoms with Crippen molar-refractivity contribution in [2.24, 2.45) is 16.7 Å². The van der Waals surface area contributed by atoms with Crippen LogP contribution in [-0.4, -0.2) is 43.6 Å². The third kappa shape index (κ3) is 2.06. The largest absolute Gasteiger partial charge is 0.383 e. The molecule has 1 heterocycles. The van der Waals surface area contributed by atoms with Crippen molar-refractivity contribution >= 4 is 5.84 Å². The fraction of sp³-hybridized carbons (Fsp3) is 0.833. The SMILES string of the molecule is CN1CCOC(C(N)=NN)C1. The standard InChI is InChI=1S/C6H14N4O/c1-10-2-3-11-5(4-10)6(7)9-8/h5H,2-4,8H2,1H3,(H2,7,9). The second-order valence-corrected chi connectivity index (χ2v) is 2.68. The number of nitrogens with two attached hydrogens (primary N) is 2. The fourth-order valence-corrected chi connectivity index (χ4v) is 1.04. The van der Waals surface area contributed by atoms with Crippen molar-refractivity contribution in [1.82, 2.24) is 4.90 Å². The minimum atomic E-state index is -0.126. The monoisotopic (exact) mass is 158 g/mol. The van der Waals surface area contributed by atoms with E-state index in [4.69, 9.17) is 16.3 Å². The van der Waals surface area contributed by atoms with Gasteiger partial charge in [0.15, 0.2) is 0 Å². The molecule has 1 saturated heterocycles. The van der Waals surface area contributed by atoms with Crippen LogP contribution < -0.4 is 11.6 Å². The van der Waals surface area contributed by atoms with Gasteiger partial charge in [-0.25, -0.2) is 0 Å². The zero-order chi connectivity index (χ0) is 8.27. The summed E-state index contributed by atoms with van der Waals surface area (Å²) in [4.78, 5) is 2.13. The molecule has 1 rings (SSSR count). The lowest BCUT2D eigenvalue weighted by Gasteiger charge is -2.29. The Kier molecular flexibility index (Phi) is 2.67. The molecule has 5 nitrogen and oxygen atoms in total. The maximum Gasteiger partial charge on any atom is 0.149 e. The summed E-state index contributed by atoms with van der Waals surface area (Å²) in [6.07, 6.45) is -0.126. The molecule has 64 valence electrons. The highest BCUT2D eigenvalue weighted by Crippen LogP contribution is 2.01. The predicted octanol–water partition coefficient (Wildman–Crippen LogP) is -1.45. The molecule has 1 aliphatic rings. The number of ether oxygens (including phenoxy) is 1. The van der Waals surface area contributed by atoms with Gasteiger partial charge >= 0.3 is 0 Å². The van der Waals surface area contributed by atoms with E-state index in [0.29, 0.717) is 12.4 Å². The Hall–Kier alpha value is -0.810. The minimum Gasteiger partial charge on any atom is -0.383 e. The highest BCUT2D eigenvalue weighted by atomic mass is 16.5. The fourth-order valence-electron chi connectivity index (χ4n) is 1.04. The van der Waals surface area contributed by atoms with Crippen LogP contribution in [0.2, 0.25) is 0 Å². The Balaban J connectivity index is 2.46. The third-order valence-corrected chi connectivity index (χ3v) is 1.75. The third-order valence-electron chi connectivity index (χ3n) is 1.75. The van der Waals surface area contributed by atoms with Crippen molar-refractivity contribution in [1.29, 1.82) is 0 Å². The number of morpholine rings is 1. The number of amidine groups is 1. The first kappa shape index (κ1) is 8.29. The summed E-state index contributed by atoms with van der Waals surface area (Å²) >= 11 is 0. The zero-order valence-corrected chi connectivity index (χ0v) is 6.66. The minimum absolute atomic E-state index is 0.126. The van der Waals surface area contributed by atoms with E-state index >= 15 is 0 Å². The first-order valence-electron chi connectivity index (χ1n) is 3.57. The first-order chi connectivity index (χ1) is 5.24. The Labute approximate surface area is 66.0 Å². The Morgan fingerprint density at radius 3 is 3.00 bits per heavy atom. The molecule has 0 spiro atoms. The van der Waals surface area contributed by atoms with Gasteiger partial charge in [0, 0.05) is 13.1 Å². The lowest BCUT2D eigenvalue weighted by molar-refractivity contribution is 0.0166. The molecule has 0 aromatic heterocycles. The maximum atomic E-state index is 5.48. The number of nitrogens with zero attached hydrogens (tertiary/aromatic N) is 2. The molecule has 0 aliphatic carbocycles. The van der Waals surface area contributed by atoms with E-state index in [-0.39, 0.29) is 6.10 Å². The van der Waals surface area contributed by atoms with E-state index in [1.165, 1.54) is 0 Å². The van der Waals surface area contributed by atoms with Crippen molar-refractivity contribution in [2.45, 2.75) is 6.10 Å². The van der Waals surface area contributed by atoms with Crippen molar-refractivity contribution in [3.63, 3.8) is 0 Å². The molecule has 1 fully saturated rings. The number of likely N-dealkylation sites (N-methyl/N-ethyl adjacent to an activating group) is 1. The van der Waals surface area contributed by atoms with E-state index in [0.717, 1.165) is 13.1 Å². The van der Waals surface area contributed by atoms with Gasteiger partial charge in [0.25, 0.3) is 0 Å². The van der Waals surface area contributed by atoms with Gasteiger partial charge in [0.2, 0.25) is 0 Å². The highest BCUT2D eigenvalue weighted by Gasteiger charge is 2.20. The smallest absolute Gasteiger partial charge is 0.149 e. The van der Waals surface area contributed by atoms with Crippen molar-refractivity contribution in [3.8, 4) is 0 Å². The predicted molar refractivity (Wildman–Crippen MR) is 43.0 cm³/mol. The lowest BCUT2D eigenvalue weighted by atomic mass is 10.2. The normalized spacial score (nSPS) is 28.8. The van der Waals surface area contributed by atoms with Gasteiger partial charge in [-0.05, 0) is 7.05 Å². The van der Waals surface area contributed by atoms with Gasteiger partial charge in [0.1, 0.15) is 11.9 Å².